The molecule has 0 saturated heterocycles. The zero-order valence-electron chi connectivity index (χ0n) is 18.2. The first kappa shape index (κ1) is 21.4. The lowest BCUT2D eigenvalue weighted by molar-refractivity contribution is -0.148. The molecule has 4 aliphatic carbocycles. The molecule has 0 aromatic heterocycles. The lowest BCUT2D eigenvalue weighted by atomic mass is 9.48. The number of ether oxygens (including phenoxy) is 1. The first-order valence-electron chi connectivity index (χ1n) is 11.4. The topological polar surface area (TPSA) is 114 Å². The number of esters is 1. The zero-order chi connectivity index (χ0) is 22.5. The summed E-state index contributed by atoms with van der Waals surface area (Å²) in [6.45, 7) is 1.36. The highest BCUT2D eigenvalue weighted by Gasteiger charge is 2.53. The minimum absolute atomic E-state index is 0.0618. The smallest absolute Gasteiger partial charge is 0.328 e. The summed E-state index contributed by atoms with van der Waals surface area (Å²) < 4.78 is 31.6. The highest BCUT2D eigenvalue weighted by Crippen LogP contribution is 2.61. The fraction of sp³-hybridized carbons (Fsp3) is 0.609. The summed E-state index contributed by atoms with van der Waals surface area (Å²) in [5.41, 5.74) is 0.607. The summed E-state index contributed by atoms with van der Waals surface area (Å²) in [6.07, 6.45) is 7.61. The maximum absolute atomic E-state index is 12.4. The Morgan fingerprint density at radius 3 is 2.44 bits per heavy atom. The highest BCUT2D eigenvalue weighted by atomic mass is 32.2. The van der Waals surface area contributed by atoms with Gasteiger partial charge in [-0.3, -0.25) is 19.3 Å². The Morgan fingerprint density at radius 1 is 1.16 bits per heavy atom. The van der Waals surface area contributed by atoms with Gasteiger partial charge >= 0.3 is 5.97 Å². The van der Waals surface area contributed by atoms with Crippen LogP contribution in [-0.4, -0.2) is 45.3 Å². The van der Waals surface area contributed by atoms with Crippen LogP contribution >= 0.6 is 0 Å². The zero-order valence-corrected chi connectivity index (χ0v) is 19.0. The van der Waals surface area contributed by atoms with E-state index >= 15 is 0 Å². The predicted molar refractivity (Wildman–Crippen MR) is 117 cm³/mol. The van der Waals surface area contributed by atoms with Gasteiger partial charge in [0.15, 0.2) is 6.61 Å². The monoisotopic (exact) mass is 459 g/mol. The maximum atomic E-state index is 12.4. The Kier molecular flexibility index (Phi) is 5.27. The van der Waals surface area contributed by atoms with Crippen molar-refractivity contribution in [3.05, 3.63) is 29.8 Å². The Hall–Kier alpha value is -2.42. The van der Waals surface area contributed by atoms with Crippen molar-refractivity contribution in [1.82, 2.24) is 10.0 Å². The van der Waals surface area contributed by atoms with E-state index in [2.05, 4.69) is 22.0 Å². The van der Waals surface area contributed by atoms with Crippen molar-refractivity contribution in [1.29, 1.82) is 0 Å². The molecule has 1 atom stereocenters. The largest absolute Gasteiger partial charge is 0.454 e. The summed E-state index contributed by atoms with van der Waals surface area (Å²) in [5, 5.41) is 3.07. The minimum atomic E-state index is -3.66. The summed E-state index contributed by atoms with van der Waals surface area (Å²) in [6, 6.07) is 6.49. The standard InChI is InChI=1S/C23H29N3O5S/c1-14(23-9-15-6-16(10-23)8-17(7-15)11-23)25-20(27)13-31-21(28)12-24-22-18-4-2-3-5-19(18)32(29,30)26-22/h2-5,14-17H,6-13H2,1H3,(H,24,26)(H,25,27)/t14-,15?,16?,17?,23?/m0/s1. The molecule has 4 bridgehead atoms. The molecule has 9 heteroatoms. The molecule has 8 nitrogen and oxygen atoms in total. The Bertz CT molecular complexity index is 1050. The van der Waals surface area contributed by atoms with Crippen LogP contribution in [0.2, 0.25) is 0 Å². The van der Waals surface area contributed by atoms with Gasteiger partial charge in [0.25, 0.3) is 15.9 Å². The Labute approximate surface area is 188 Å². The number of benzene rings is 1. The molecule has 1 aromatic rings. The van der Waals surface area contributed by atoms with Crippen LogP contribution < -0.4 is 10.0 Å². The number of carbonyl (C=O) groups is 2. The number of carbonyl (C=O) groups excluding carboxylic acids is 2. The van der Waals surface area contributed by atoms with Gasteiger partial charge in [-0.1, -0.05) is 12.1 Å². The van der Waals surface area contributed by atoms with Gasteiger partial charge < -0.3 is 10.1 Å². The number of rotatable bonds is 6. The number of amides is 1. The van der Waals surface area contributed by atoms with Crippen LogP contribution in [0.15, 0.2) is 34.2 Å². The van der Waals surface area contributed by atoms with E-state index in [1.807, 2.05) is 0 Å². The number of amidine groups is 1. The Balaban J connectivity index is 1.13. The van der Waals surface area contributed by atoms with E-state index in [0.29, 0.717) is 5.56 Å². The lowest BCUT2D eigenvalue weighted by Crippen LogP contribution is -2.56. The van der Waals surface area contributed by atoms with Gasteiger partial charge in [-0.05, 0) is 80.8 Å². The van der Waals surface area contributed by atoms with Crippen molar-refractivity contribution in [2.45, 2.75) is 56.4 Å². The lowest BCUT2D eigenvalue weighted by Gasteiger charge is -2.59. The Morgan fingerprint density at radius 2 is 1.78 bits per heavy atom. The second kappa shape index (κ2) is 7.86. The molecule has 5 aliphatic rings. The average molecular weight is 460 g/mol. The van der Waals surface area contributed by atoms with Crippen LogP contribution in [0.1, 0.15) is 51.0 Å². The quantitative estimate of drug-likeness (QED) is 0.632. The van der Waals surface area contributed by atoms with Crippen molar-refractivity contribution in [2.24, 2.45) is 28.2 Å². The maximum Gasteiger partial charge on any atom is 0.328 e. The fourth-order valence-electron chi connectivity index (χ4n) is 6.73. The van der Waals surface area contributed by atoms with E-state index in [1.54, 1.807) is 18.2 Å². The van der Waals surface area contributed by atoms with Gasteiger partial charge in [0.2, 0.25) is 0 Å². The molecule has 4 fully saturated rings. The van der Waals surface area contributed by atoms with E-state index in [4.69, 9.17) is 4.74 Å². The van der Waals surface area contributed by atoms with Gasteiger partial charge in [0.1, 0.15) is 12.4 Å². The SMILES string of the molecule is C[C@H](NC(=O)COC(=O)CN=C1NS(=O)(=O)c2ccccc21)C12CC3CC(CC(C3)C1)C2. The molecule has 0 unspecified atom stereocenters. The number of nitrogens with zero attached hydrogens (tertiary/aromatic N) is 1. The highest BCUT2D eigenvalue weighted by molar-refractivity contribution is 7.90. The van der Waals surface area contributed by atoms with Gasteiger partial charge in [0.05, 0.1) is 4.90 Å². The second-order valence-corrected chi connectivity index (χ2v) is 11.6. The van der Waals surface area contributed by atoms with Crippen molar-refractivity contribution >= 4 is 27.7 Å². The molecule has 1 amide bonds. The number of nitrogens with one attached hydrogen (secondary N) is 2. The third-order valence-corrected chi connectivity index (χ3v) is 9.17. The van der Waals surface area contributed by atoms with E-state index in [1.165, 1.54) is 44.6 Å². The molecule has 4 saturated carbocycles. The van der Waals surface area contributed by atoms with Crippen LogP contribution in [0.4, 0.5) is 0 Å². The van der Waals surface area contributed by atoms with Crippen molar-refractivity contribution in [3.63, 3.8) is 0 Å². The minimum Gasteiger partial charge on any atom is -0.454 e. The molecular weight excluding hydrogens is 430 g/mol. The van der Waals surface area contributed by atoms with Crippen LogP contribution in [0.5, 0.6) is 0 Å². The van der Waals surface area contributed by atoms with Gasteiger partial charge in [0, 0.05) is 11.6 Å². The fourth-order valence-corrected chi connectivity index (χ4v) is 7.98. The number of aliphatic imine (C=N–C) groups is 1. The average Bonchev–Trinajstić information content (AvgIpc) is 3.00. The van der Waals surface area contributed by atoms with Crippen LogP contribution in [0.25, 0.3) is 0 Å². The molecule has 6 rings (SSSR count). The predicted octanol–water partition coefficient (Wildman–Crippen LogP) is 1.99. The van der Waals surface area contributed by atoms with E-state index < -0.39 is 16.0 Å². The normalized spacial score (nSPS) is 33.4. The molecule has 2 N–H and O–H groups in total. The third kappa shape index (κ3) is 3.91. The van der Waals surface area contributed by atoms with Crippen LogP contribution in [-0.2, 0) is 24.3 Å². The van der Waals surface area contributed by atoms with Crippen molar-refractivity contribution in [3.8, 4) is 0 Å². The van der Waals surface area contributed by atoms with E-state index in [9.17, 15) is 18.0 Å². The molecule has 0 spiro atoms. The summed E-state index contributed by atoms with van der Waals surface area (Å²) in [4.78, 5) is 28.7. The molecule has 172 valence electrons. The molecule has 0 radical (unpaired) electrons. The number of fused-ring (bicyclic) bond motifs is 1. The first-order valence-corrected chi connectivity index (χ1v) is 12.8. The van der Waals surface area contributed by atoms with Gasteiger partial charge in [-0.2, -0.15) is 0 Å². The molecule has 32 heavy (non-hydrogen) atoms. The van der Waals surface area contributed by atoms with E-state index in [0.717, 1.165) is 17.8 Å². The molecule has 1 aliphatic heterocycles. The van der Waals surface area contributed by atoms with Crippen LogP contribution in [0, 0.1) is 23.2 Å². The van der Waals surface area contributed by atoms with Gasteiger partial charge in [-0.25, -0.2) is 8.42 Å². The number of hydrogen-bond acceptors (Lipinski definition) is 6. The second-order valence-electron chi connectivity index (χ2n) is 10.00. The third-order valence-electron chi connectivity index (χ3n) is 7.77. The van der Waals surface area contributed by atoms with Crippen molar-refractivity contribution in [2.75, 3.05) is 13.2 Å². The number of hydrogen-bond donors (Lipinski definition) is 2. The molecule has 1 aromatic carbocycles. The van der Waals surface area contributed by atoms with Crippen LogP contribution in [0.3, 0.4) is 0 Å². The van der Waals surface area contributed by atoms with Gasteiger partial charge in [-0.15, -0.1) is 0 Å². The summed E-state index contributed by atoms with van der Waals surface area (Å²) in [7, 11) is -3.66. The van der Waals surface area contributed by atoms with E-state index in [-0.39, 0.29) is 41.2 Å². The molecular formula is C23H29N3O5S. The summed E-state index contributed by atoms with van der Waals surface area (Å²) in [5.74, 6) is 1.53. The van der Waals surface area contributed by atoms with Crippen molar-refractivity contribution < 1.29 is 22.7 Å². The molecule has 1 heterocycles. The number of sulfonamides is 1. The summed E-state index contributed by atoms with van der Waals surface area (Å²) >= 11 is 0. The first-order chi connectivity index (χ1) is 15.2.